The maximum Gasteiger partial charge on any atom is 0.241 e. The number of hydrogen-bond donors (Lipinski definition) is 2. The van der Waals surface area contributed by atoms with Crippen LogP contribution in [0, 0.1) is 0 Å². The first kappa shape index (κ1) is 14.8. The Balaban J connectivity index is 2.49. The third-order valence-corrected chi connectivity index (χ3v) is 2.72. The van der Waals surface area contributed by atoms with Crippen LogP contribution in [-0.4, -0.2) is 41.7 Å². The molecule has 4 nitrogen and oxygen atoms in total. The Morgan fingerprint density at radius 1 is 1.56 bits per heavy atom. The van der Waals surface area contributed by atoms with Gasteiger partial charge in [-0.2, -0.15) is 0 Å². The van der Waals surface area contributed by atoms with Gasteiger partial charge in [0.2, 0.25) is 5.91 Å². The molecular weight excluding hydrogens is 252 g/mol. The van der Waals surface area contributed by atoms with E-state index < -0.39 is 6.10 Å². The fraction of sp³-hybridized carbons (Fsp3) is 0.462. The van der Waals surface area contributed by atoms with Gasteiger partial charge in [-0.05, 0) is 32.0 Å². The highest BCUT2D eigenvalue weighted by Gasteiger charge is 2.13. The van der Waals surface area contributed by atoms with E-state index in [-0.39, 0.29) is 12.5 Å². The molecule has 0 saturated heterocycles. The molecule has 0 saturated carbocycles. The Morgan fingerprint density at radius 2 is 2.28 bits per heavy atom. The molecule has 0 fully saturated rings. The normalized spacial score (nSPS) is 12.0. The van der Waals surface area contributed by atoms with E-state index in [2.05, 4.69) is 5.32 Å². The van der Waals surface area contributed by atoms with E-state index in [1.807, 2.05) is 19.1 Å². The van der Waals surface area contributed by atoms with Crippen molar-refractivity contribution in [3.8, 4) is 0 Å². The molecule has 0 radical (unpaired) electrons. The fourth-order valence-electron chi connectivity index (χ4n) is 1.61. The van der Waals surface area contributed by atoms with Crippen LogP contribution in [0.15, 0.2) is 24.3 Å². The van der Waals surface area contributed by atoms with Crippen molar-refractivity contribution >= 4 is 23.2 Å². The fourth-order valence-corrected chi connectivity index (χ4v) is 1.80. The minimum atomic E-state index is -0.514. The summed E-state index contributed by atoms with van der Waals surface area (Å²) < 4.78 is 0. The first-order chi connectivity index (χ1) is 8.52. The van der Waals surface area contributed by atoms with E-state index in [1.165, 1.54) is 0 Å². The third kappa shape index (κ3) is 4.94. The molecule has 1 atom stereocenters. The summed E-state index contributed by atoms with van der Waals surface area (Å²) in [5, 5.41) is 12.9. The van der Waals surface area contributed by atoms with Gasteiger partial charge in [-0.25, -0.2) is 0 Å². The van der Waals surface area contributed by atoms with Crippen LogP contribution < -0.4 is 5.32 Å². The molecule has 0 aromatic heterocycles. The zero-order chi connectivity index (χ0) is 13.5. The molecule has 5 heteroatoms. The van der Waals surface area contributed by atoms with Crippen LogP contribution in [0.1, 0.15) is 13.8 Å². The predicted molar refractivity (Wildman–Crippen MR) is 73.9 cm³/mol. The van der Waals surface area contributed by atoms with Crippen LogP contribution in [0.4, 0.5) is 5.69 Å². The zero-order valence-electron chi connectivity index (χ0n) is 10.7. The summed E-state index contributed by atoms with van der Waals surface area (Å²) in [5.41, 5.74) is 0.809. The smallest absolute Gasteiger partial charge is 0.241 e. The molecule has 1 amide bonds. The lowest BCUT2D eigenvalue weighted by molar-refractivity contribution is -0.130. The van der Waals surface area contributed by atoms with Gasteiger partial charge in [0.1, 0.15) is 0 Å². The monoisotopic (exact) mass is 270 g/mol. The lowest BCUT2D eigenvalue weighted by Gasteiger charge is -2.22. The summed E-state index contributed by atoms with van der Waals surface area (Å²) in [6.07, 6.45) is -0.514. The second-order valence-corrected chi connectivity index (χ2v) is 4.58. The highest BCUT2D eigenvalue weighted by Crippen LogP contribution is 2.14. The van der Waals surface area contributed by atoms with Gasteiger partial charge in [-0.1, -0.05) is 17.7 Å². The molecule has 0 aliphatic heterocycles. The van der Waals surface area contributed by atoms with Crippen molar-refractivity contribution in [2.24, 2.45) is 0 Å². The van der Waals surface area contributed by atoms with Crippen molar-refractivity contribution in [2.75, 3.05) is 25.0 Å². The molecule has 1 rings (SSSR count). The van der Waals surface area contributed by atoms with E-state index >= 15 is 0 Å². The second-order valence-electron chi connectivity index (χ2n) is 4.15. The number of carbonyl (C=O) groups excluding carboxylic acids is 1. The lowest BCUT2D eigenvalue weighted by atomic mass is 10.3. The molecule has 1 aromatic rings. The van der Waals surface area contributed by atoms with Gasteiger partial charge in [0.15, 0.2) is 0 Å². The van der Waals surface area contributed by atoms with Crippen LogP contribution in [0.25, 0.3) is 0 Å². The summed E-state index contributed by atoms with van der Waals surface area (Å²) in [5.74, 6) is -0.0432. The van der Waals surface area contributed by atoms with Crippen LogP contribution in [0.5, 0.6) is 0 Å². The highest BCUT2D eigenvalue weighted by molar-refractivity contribution is 6.30. The van der Waals surface area contributed by atoms with Crippen molar-refractivity contribution in [3.63, 3.8) is 0 Å². The van der Waals surface area contributed by atoms with Crippen LogP contribution in [0.3, 0.4) is 0 Å². The number of hydrogen-bond acceptors (Lipinski definition) is 3. The Kier molecular flexibility index (Phi) is 5.95. The number of carbonyl (C=O) groups is 1. The van der Waals surface area contributed by atoms with Crippen molar-refractivity contribution < 1.29 is 9.90 Å². The van der Waals surface area contributed by atoms with E-state index in [0.717, 1.165) is 5.69 Å². The molecule has 0 unspecified atom stereocenters. The van der Waals surface area contributed by atoms with Crippen molar-refractivity contribution in [1.29, 1.82) is 0 Å². The average Bonchev–Trinajstić information content (AvgIpc) is 2.33. The quantitative estimate of drug-likeness (QED) is 0.831. The molecule has 0 spiro atoms. The van der Waals surface area contributed by atoms with Crippen LogP contribution >= 0.6 is 11.6 Å². The summed E-state index contributed by atoms with van der Waals surface area (Å²) >= 11 is 5.85. The van der Waals surface area contributed by atoms with Gasteiger partial charge in [-0.15, -0.1) is 0 Å². The number of rotatable bonds is 6. The van der Waals surface area contributed by atoms with Gasteiger partial charge in [0.05, 0.1) is 12.6 Å². The van der Waals surface area contributed by atoms with Gasteiger partial charge in [0.25, 0.3) is 0 Å². The summed E-state index contributed by atoms with van der Waals surface area (Å²) in [6, 6.07) is 7.22. The third-order valence-electron chi connectivity index (χ3n) is 2.49. The maximum atomic E-state index is 11.9. The number of anilines is 1. The highest BCUT2D eigenvalue weighted by atomic mass is 35.5. The molecule has 1 aromatic carbocycles. The topological polar surface area (TPSA) is 52.6 Å². The number of benzene rings is 1. The van der Waals surface area contributed by atoms with Gasteiger partial charge >= 0.3 is 0 Å². The lowest BCUT2D eigenvalue weighted by Crippen LogP contribution is -2.39. The maximum absolute atomic E-state index is 11.9. The Bertz CT molecular complexity index is 396. The zero-order valence-corrected chi connectivity index (χ0v) is 11.4. The summed E-state index contributed by atoms with van der Waals surface area (Å²) in [4.78, 5) is 13.5. The van der Waals surface area contributed by atoms with Crippen molar-refractivity contribution in [2.45, 2.75) is 20.0 Å². The number of nitrogens with one attached hydrogen (secondary N) is 1. The summed E-state index contributed by atoms with van der Waals surface area (Å²) in [7, 11) is 0. The summed E-state index contributed by atoms with van der Waals surface area (Å²) in [6.45, 7) is 4.69. The number of halogens is 1. The standard InChI is InChI=1S/C13H19ClN2O2/c1-3-16(9-10(2)17)13(18)8-15-12-6-4-5-11(14)7-12/h4-7,10,15,17H,3,8-9H2,1-2H3/t10-/m1/s1. The largest absolute Gasteiger partial charge is 0.392 e. The number of aliphatic hydroxyl groups excluding tert-OH is 1. The first-order valence-corrected chi connectivity index (χ1v) is 6.36. The molecule has 0 aliphatic carbocycles. The van der Waals surface area contributed by atoms with Gasteiger partial charge in [-0.3, -0.25) is 4.79 Å². The molecule has 0 aliphatic rings. The predicted octanol–water partition coefficient (Wildman–Crippen LogP) is 1.98. The number of amides is 1. The van der Waals surface area contributed by atoms with E-state index in [1.54, 1.807) is 24.0 Å². The molecule has 2 N–H and O–H groups in total. The first-order valence-electron chi connectivity index (χ1n) is 5.98. The van der Waals surface area contributed by atoms with E-state index in [9.17, 15) is 9.90 Å². The van der Waals surface area contributed by atoms with E-state index in [0.29, 0.717) is 18.1 Å². The Hall–Kier alpha value is -1.26. The molecule has 18 heavy (non-hydrogen) atoms. The van der Waals surface area contributed by atoms with Crippen molar-refractivity contribution in [1.82, 2.24) is 4.90 Å². The minimum absolute atomic E-state index is 0.0432. The van der Waals surface area contributed by atoms with Crippen LogP contribution in [-0.2, 0) is 4.79 Å². The average molecular weight is 271 g/mol. The molecular formula is C13H19ClN2O2. The minimum Gasteiger partial charge on any atom is -0.392 e. The van der Waals surface area contributed by atoms with Crippen molar-refractivity contribution in [3.05, 3.63) is 29.3 Å². The molecule has 0 heterocycles. The van der Waals surface area contributed by atoms with Gasteiger partial charge in [0, 0.05) is 23.8 Å². The SMILES string of the molecule is CCN(C[C@@H](C)O)C(=O)CNc1cccc(Cl)c1. The number of likely N-dealkylation sites (N-methyl/N-ethyl adjacent to an activating group) is 1. The Morgan fingerprint density at radius 3 is 2.83 bits per heavy atom. The van der Waals surface area contributed by atoms with Gasteiger partial charge < -0.3 is 15.3 Å². The number of nitrogens with zero attached hydrogens (tertiary/aromatic N) is 1. The molecule has 100 valence electrons. The Labute approximate surface area is 113 Å². The molecule has 0 bridgehead atoms. The van der Waals surface area contributed by atoms with E-state index in [4.69, 9.17) is 11.6 Å². The van der Waals surface area contributed by atoms with Crippen LogP contribution in [0.2, 0.25) is 5.02 Å². The number of aliphatic hydroxyl groups is 1. The second kappa shape index (κ2) is 7.24.